The van der Waals surface area contributed by atoms with Crippen molar-refractivity contribution >= 4 is 11.9 Å². The molecule has 1 N–H and O–H groups in total. The molecule has 3 fully saturated rings. The van der Waals surface area contributed by atoms with E-state index in [1.165, 1.54) is 17.7 Å². The molecule has 0 aromatic carbocycles. The van der Waals surface area contributed by atoms with E-state index in [0.29, 0.717) is 18.5 Å². The molecule has 24 heavy (non-hydrogen) atoms. The number of hydrogen-bond donors (Lipinski definition) is 1. The maximum atomic E-state index is 13.2. The third-order valence-corrected chi connectivity index (χ3v) is 6.15. The van der Waals surface area contributed by atoms with Gasteiger partial charge >= 0.3 is 6.03 Å². The van der Waals surface area contributed by atoms with Crippen LogP contribution in [0, 0.1) is 17.3 Å². The van der Waals surface area contributed by atoms with Crippen LogP contribution in [0.15, 0.2) is 0 Å². The maximum Gasteiger partial charge on any atom is 0.326 e. The Morgan fingerprint density at radius 3 is 2.67 bits per heavy atom. The highest BCUT2D eigenvalue weighted by Crippen LogP contribution is 2.46. The fraction of sp³-hybridized carbons (Fsp3) is 0.895. The second kappa shape index (κ2) is 6.32. The zero-order chi connectivity index (χ0) is 17.5. The van der Waals surface area contributed by atoms with Gasteiger partial charge in [-0.05, 0) is 55.9 Å². The molecular formula is C19H33N3O2. The van der Waals surface area contributed by atoms with Crippen LogP contribution in [0.4, 0.5) is 4.79 Å². The van der Waals surface area contributed by atoms with Gasteiger partial charge in [-0.2, -0.15) is 0 Å². The Kier molecular flexibility index (Phi) is 4.67. The first-order valence-corrected chi connectivity index (χ1v) is 9.61. The summed E-state index contributed by atoms with van der Waals surface area (Å²) in [4.78, 5) is 29.5. The lowest BCUT2D eigenvalue weighted by Crippen LogP contribution is -2.54. The highest BCUT2D eigenvalue weighted by atomic mass is 16.2. The summed E-state index contributed by atoms with van der Waals surface area (Å²) in [5, 5.41) is 3.08. The quantitative estimate of drug-likeness (QED) is 0.806. The normalized spacial score (nSPS) is 37.1. The Balaban J connectivity index is 1.72. The molecule has 3 rings (SSSR count). The van der Waals surface area contributed by atoms with Gasteiger partial charge in [-0.1, -0.05) is 34.1 Å². The highest BCUT2D eigenvalue weighted by molar-refractivity contribution is 6.07. The van der Waals surface area contributed by atoms with Gasteiger partial charge in [0, 0.05) is 6.54 Å². The van der Waals surface area contributed by atoms with E-state index in [9.17, 15) is 9.59 Å². The van der Waals surface area contributed by atoms with Crippen LogP contribution in [-0.4, -0.2) is 47.0 Å². The van der Waals surface area contributed by atoms with E-state index in [1.807, 2.05) is 0 Å². The summed E-state index contributed by atoms with van der Waals surface area (Å²) >= 11 is 0. The summed E-state index contributed by atoms with van der Waals surface area (Å²) < 4.78 is 0. The Bertz CT molecular complexity index is 519. The summed E-state index contributed by atoms with van der Waals surface area (Å²) in [5.41, 5.74) is -0.576. The van der Waals surface area contributed by atoms with Gasteiger partial charge in [0.25, 0.3) is 5.91 Å². The molecule has 1 aliphatic carbocycles. The Morgan fingerprint density at radius 2 is 2.00 bits per heavy atom. The fourth-order valence-electron chi connectivity index (χ4n) is 5.45. The van der Waals surface area contributed by atoms with E-state index >= 15 is 0 Å². The molecule has 3 amide bonds. The monoisotopic (exact) mass is 335 g/mol. The number of urea groups is 1. The predicted molar refractivity (Wildman–Crippen MR) is 94.4 cm³/mol. The van der Waals surface area contributed by atoms with E-state index in [-0.39, 0.29) is 17.4 Å². The Morgan fingerprint density at radius 1 is 1.25 bits per heavy atom. The minimum Gasteiger partial charge on any atom is -0.323 e. The molecule has 0 radical (unpaired) electrons. The standard InChI is InChI=1S/C19H33N3O2/c1-5-15-7-6-8-21(11-15)13-22-16(23)19(20-17(22)24)10-14(2)9-18(3,4)12-19/h14-15H,5-13H2,1-4H3,(H,20,24)/t14-,15+,19-/m0/s1. The van der Waals surface area contributed by atoms with Crippen molar-refractivity contribution in [2.45, 2.75) is 71.8 Å². The lowest BCUT2D eigenvalue weighted by molar-refractivity contribution is -0.136. The van der Waals surface area contributed by atoms with Crippen molar-refractivity contribution in [3.05, 3.63) is 0 Å². The number of likely N-dealkylation sites (tertiary alicyclic amines) is 1. The van der Waals surface area contributed by atoms with Crippen LogP contribution in [0.25, 0.3) is 0 Å². The van der Waals surface area contributed by atoms with Gasteiger partial charge in [0.1, 0.15) is 5.54 Å². The largest absolute Gasteiger partial charge is 0.326 e. The number of hydrogen-bond acceptors (Lipinski definition) is 3. The maximum absolute atomic E-state index is 13.2. The van der Waals surface area contributed by atoms with Gasteiger partial charge < -0.3 is 5.32 Å². The molecule has 5 heteroatoms. The number of carbonyl (C=O) groups excluding carboxylic acids is 2. The lowest BCUT2D eigenvalue weighted by Gasteiger charge is -2.44. The molecule has 3 atom stereocenters. The fourth-order valence-corrected chi connectivity index (χ4v) is 5.45. The molecule has 0 bridgehead atoms. The number of nitrogens with one attached hydrogen (secondary N) is 1. The molecule has 0 unspecified atom stereocenters. The van der Waals surface area contributed by atoms with Gasteiger partial charge in [0.2, 0.25) is 0 Å². The van der Waals surface area contributed by atoms with Crippen LogP contribution in [0.3, 0.4) is 0 Å². The summed E-state index contributed by atoms with van der Waals surface area (Å²) in [6, 6.07) is -0.191. The molecule has 0 aromatic rings. The number of nitrogens with zero attached hydrogens (tertiary/aromatic N) is 2. The third-order valence-electron chi connectivity index (χ3n) is 6.15. The molecule has 2 saturated heterocycles. The molecule has 1 saturated carbocycles. The minimum atomic E-state index is -0.668. The highest BCUT2D eigenvalue weighted by Gasteiger charge is 2.56. The Labute approximate surface area is 146 Å². The van der Waals surface area contributed by atoms with Crippen molar-refractivity contribution in [2.75, 3.05) is 19.8 Å². The summed E-state index contributed by atoms with van der Waals surface area (Å²) in [6.07, 6.45) is 6.24. The molecule has 136 valence electrons. The molecular weight excluding hydrogens is 302 g/mol. The van der Waals surface area contributed by atoms with Gasteiger partial charge in [-0.15, -0.1) is 0 Å². The van der Waals surface area contributed by atoms with Crippen LogP contribution >= 0.6 is 0 Å². The first-order valence-electron chi connectivity index (χ1n) is 9.61. The molecule has 2 aliphatic heterocycles. The van der Waals surface area contributed by atoms with E-state index in [0.717, 1.165) is 38.8 Å². The number of carbonyl (C=O) groups is 2. The van der Waals surface area contributed by atoms with E-state index in [4.69, 9.17) is 0 Å². The van der Waals surface area contributed by atoms with Crippen molar-refractivity contribution in [3.8, 4) is 0 Å². The minimum absolute atomic E-state index is 0.00532. The zero-order valence-electron chi connectivity index (χ0n) is 15.7. The first kappa shape index (κ1) is 17.7. The van der Waals surface area contributed by atoms with Crippen LogP contribution in [0.5, 0.6) is 0 Å². The third kappa shape index (κ3) is 3.32. The molecule has 3 aliphatic rings. The van der Waals surface area contributed by atoms with Gasteiger partial charge in [-0.25, -0.2) is 9.69 Å². The molecule has 1 spiro atoms. The van der Waals surface area contributed by atoms with Crippen molar-refractivity contribution in [1.29, 1.82) is 0 Å². The topological polar surface area (TPSA) is 52.6 Å². The van der Waals surface area contributed by atoms with E-state index in [1.54, 1.807) is 0 Å². The molecule has 5 nitrogen and oxygen atoms in total. The van der Waals surface area contributed by atoms with Crippen LogP contribution in [0.1, 0.15) is 66.2 Å². The van der Waals surface area contributed by atoms with E-state index < -0.39 is 5.54 Å². The number of piperidine rings is 1. The number of imide groups is 1. The first-order chi connectivity index (χ1) is 11.2. The lowest BCUT2D eigenvalue weighted by atomic mass is 9.64. The van der Waals surface area contributed by atoms with Crippen LogP contribution in [0.2, 0.25) is 0 Å². The molecule has 2 heterocycles. The smallest absolute Gasteiger partial charge is 0.323 e. The summed E-state index contributed by atoms with van der Waals surface area (Å²) in [7, 11) is 0. The predicted octanol–water partition coefficient (Wildman–Crippen LogP) is 3.20. The summed E-state index contributed by atoms with van der Waals surface area (Å²) in [5.74, 6) is 1.16. The number of rotatable bonds is 3. The second-order valence-corrected chi connectivity index (χ2v) is 9.23. The van der Waals surface area contributed by atoms with Crippen LogP contribution < -0.4 is 5.32 Å². The van der Waals surface area contributed by atoms with Crippen molar-refractivity contribution in [2.24, 2.45) is 17.3 Å². The van der Waals surface area contributed by atoms with E-state index in [2.05, 4.69) is 37.9 Å². The van der Waals surface area contributed by atoms with Gasteiger partial charge in [0.15, 0.2) is 0 Å². The van der Waals surface area contributed by atoms with Crippen molar-refractivity contribution in [1.82, 2.24) is 15.1 Å². The zero-order valence-corrected chi connectivity index (χ0v) is 15.7. The summed E-state index contributed by atoms with van der Waals surface area (Å²) in [6.45, 7) is 11.3. The second-order valence-electron chi connectivity index (χ2n) is 9.23. The van der Waals surface area contributed by atoms with Crippen molar-refractivity contribution < 1.29 is 9.59 Å². The average Bonchev–Trinajstić information content (AvgIpc) is 2.69. The number of amides is 3. The average molecular weight is 335 g/mol. The van der Waals surface area contributed by atoms with Gasteiger partial charge in [0.05, 0.1) is 6.67 Å². The van der Waals surface area contributed by atoms with Crippen molar-refractivity contribution in [3.63, 3.8) is 0 Å². The van der Waals surface area contributed by atoms with Gasteiger partial charge in [-0.3, -0.25) is 9.69 Å². The Hall–Kier alpha value is -1.10. The SMILES string of the molecule is CC[C@@H]1CCCN(CN2C(=O)N[C@]3(C[C@@H](C)CC(C)(C)C3)C2=O)C1. The van der Waals surface area contributed by atoms with Crippen LogP contribution in [-0.2, 0) is 4.79 Å². The molecule has 0 aromatic heterocycles.